The van der Waals surface area contributed by atoms with Crippen LogP contribution in [0.25, 0.3) is 5.69 Å². The van der Waals surface area contributed by atoms with E-state index in [0.717, 1.165) is 29.1 Å². The summed E-state index contributed by atoms with van der Waals surface area (Å²) in [4.78, 5) is 28.6. The van der Waals surface area contributed by atoms with E-state index in [9.17, 15) is 22.8 Å². The number of carbonyl (C=O) groups is 1. The third kappa shape index (κ3) is 4.06. The molecule has 126 valence electrons. The summed E-state index contributed by atoms with van der Waals surface area (Å²) in [6.45, 7) is 0. The van der Waals surface area contributed by atoms with Gasteiger partial charge in [0.05, 0.1) is 5.69 Å². The van der Waals surface area contributed by atoms with Crippen LogP contribution in [0.4, 0.5) is 13.2 Å². The van der Waals surface area contributed by atoms with Crippen molar-refractivity contribution in [1.82, 2.24) is 19.7 Å². The zero-order valence-corrected chi connectivity index (χ0v) is 12.8. The second-order valence-corrected chi connectivity index (χ2v) is 5.01. The molecule has 0 amide bonds. The minimum absolute atomic E-state index is 0.0305. The number of nitrogens with zero attached hydrogens (tertiary/aromatic N) is 4. The van der Waals surface area contributed by atoms with Gasteiger partial charge in [0.25, 0.3) is 0 Å². The second-order valence-electron chi connectivity index (χ2n) is 5.01. The van der Waals surface area contributed by atoms with Crippen LogP contribution in [-0.2, 0) is 6.18 Å². The van der Waals surface area contributed by atoms with Crippen LogP contribution in [0.1, 0.15) is 16.2 Å². The number of rotatable bonds is 4. The van der Waals surface area contributed by atoms with Crippen molar-refractivity contribution in [2.75, 3.05) is 14.1 Å². The first-order valence-electron chi connectivity index (χ1n) is 6.71. The Balaban J connectivity index is 2.45. The molecule has 0 aliphatic rings. The summed E-state index contributed by atoms with van der Waals surface area (Å²) in [5.41, 5.74) is -2.07. The van der Waals surface area contributed by atoms with Crippen molar-refractivity contribution >= 4 is 5.78 Å². The Labute approximate surface area is 134 Å². The highest BCUT2D eigenvalue weighted by Gasteiger charge is 2.32. The lowest BCUT2D eigenvalue weighted by atomic mass is 10.2. The van der Waals surface area contributed by atoms with Crippen LogP contribution in [0.5, 0.6) is 0 Å². The van der Waals surface area contributed by atoms with Gasteiger partial charge in [0.15, 0.2) is 5.69 Å². The molecular weight excluding hydrogens is 325 g/mol. The van der Waals surface area contributed by atoms with Gasteiger partial charge >= 0.3 is 6.18 Å². The van der Waals surface area contributed by atoms with Crippen molar-refractivity contribution in [3.05, 3.63) is 64.5 Å². The topological polar surface area (TPSA) is 68.1 Å². The molecule has 2 rings (SSSR count). The van der Waals surface area contributed by atoms with Crippen LogP contribution in [0.3, 0.4) is 0 Å². The molecule has 2 aromatic heterocycles. The molecule has 0 bridgehead atoms. The molecule has 0 unspecified atom stereocenters. The zero-order valence-electron chi connectivity index (χ0n) is 12.8. The third-order valence-electron chi connectivity index (χ3n) is 2.86. The summed E-state index contributed by atoms with van der Waals surface area (Å²) < 4.78 is 39.2. The minimum Gasteiger partial charge on any atom is -0.383 e. The predicted octanol–water partition coefficient (Wildman–Crippen LogP) is 1.90. The van der Waals surface area contributed by atoms with E-state index in [2.05, 4.69) is 10.1 Å². The van der Waals surface area contributed by atoms with Crippen molar-refractivity contribution in [3.8, 4) is 5.69 Å². The van der Waals surface area contributed by atoms with Gasteiger partial charge in [-0.05, 0) is 12.1 Å². The predicted molar refractivity (Wildman–Crippen MR) is 79.8 cm³/mol. The molecule has 9 heteroatoms. The Hall–Kier alpha value is -2.97. The van der Waals surface area contributed by atoms with E-state index in [1.807, 2.05) is 0 Å². The van der Waals surface area contributed by atoms with E-state index in [1.54, 1.807) is 19.0 Å². The van der Waals surface area contributed by atoms with Crippen LogP contribution in [0.2, 0.25) is 0 Å². The van der Waals surface area contributed by atoms with Gasteiger partial charge in [-0.3, -0.25) is 14.6 Å². The molecule has 0 N–H and O–H groups in total. The molecule has 0 saturated heterocycles. The highest BCUT2D eigenvalue weighted by molar-refractivity contribution is 6.02. The van der Waals surface area contributed by atoms with Crippen molar-refractivity contribution in [3.63, 3.8) is 0 Å². The highest BCUT2D eigenvalue weighted by Crippen LogP contribution is 2.28. The van der Waals surface area contributed by atoms with E-state index < -0.39 is 23.1 Å². The van der Waals surface area contributed by atoms with E-state index in [0.29, 0.717) is 0 Å². The molecule has 2 aromatic rings. The summed E-state index contributed by atoms with van der Waals surface area (Å²) in [5.74, 6) is -0.645. The molecule has 24 heavy (non-hydrogen) atoms. The Morgan fingerprint density at radius 3 is 2.62 bits per heavy atom. The van der Waals surface area contributed by atoms with E-state index in [4.69, 9.17) is 0 Å². The van der Waals surface area contributed by atoms with Crippen molar-refractivity contribution < 1.29 is 18.0 Å². The van der Waals surface area contributed by atoms with Gasteiger partial charge in [-0.2, -0.15) is 18.3 Å². The van der Waals surface area contributed by atoms with Gasteiger partial charge in [0.2, 0.25) is 11.2 Å². The Morgan fingerprint density at radius 2 is 2.00 bits per heavy atom. The number of hydrogen-bond donors (Lipinski definition) is 0. The largest absolute Gasteiger partial charge is 0.433 e. The van der Waals surface area contributed by atoms with Gasteiger partial charge in [-0.1, -0.05) is 0 Å². The molecule has 0 aromatic carbocycles. The van der Waals surface area contributed by atoms with Gasteiger partial charge < -0.3 is 4.90 Å². The van der Waals surface area contributed by atoms with E-state index >= 15 is 0 Å². The summed E-state index contributed by atoms with van der Waals surface area (Å²) in [6.07, 6.45) is 0.147. The Bertz CT molecular complexity index is 841. The second kappa shape index (κ2) is 6.65. The van der Waals surface area contributed by atoms with Crippen molar-refractivity contribution in [1.29, 1.82) is 0 Å². The average molecular weight is 338 g/mol. The Morgan fingerprint density at radius 1 is 1.29 bits per heavy atom. The zero-order chi connectivity index (χ0) is 17.9. The fourth-order valence-electron chi connectivity index (χ4n) is 1.73. The molecule has 0 fully saturated rings. The van der Waals surface area contributed by atoms with E-state index in [1.165, 1.54) is 18.5 Å². The molecule has 0 aliphatic heterocycles. The van der Waals surface area contributed by atoms with Gasteiger partial charge in [-0.15, -0.1) is 0 Å². The van der Waals surface area contributed by atoms with Crippen LogP contribution in [0, 0.1) is 0 Å². The molecule has 2 heterocycles. The summed E-state index contributed by atoms with van der Waals surface area (Å²) >= 11 is 0. The minimum atomic E-state index is -4.61. The number of ketones is 1. The summed E-state index contributed by atoms with van der Waals surface area (Å²) in [7, 11) is 3.38. The molecule has 0 aliphatic carbocycles. The van der Waals surface area contributed by atoms with Crippen LogP contribution in [-0.4, -0.2) is 39.5 Å². The lowest BCUT2D eigenvalue weighted by molar-refractivity contribution is -0.141. The molecule has 0 saturated carbocycles. The SMILES string of the molecule is CN(C)/C=C/C(=O)c1nn(-c2ccnc(C(F)(F)F)c2)ccc1=O. The monoisotopic (exact) mass is 338 g/mol. The molecule has 6 nitrogen and oxygen atoms in total. The fraction of sp³-hybridized carbons (Fsp3) is 0.200. The third-order valence-corrected chi connectivity index (χ3v) is 2.86. The maximum absolute atomic E-state index is 12.7. The van der Waals surface area contributed by atoms with Crippen LogP contribution < -0.4 is 5.43 Å². The van der Waals surface area contributed by atoms with Crippen molar-refractivity contribution in [2.45, 2.75) is 6.18 Å². The molecular formula is C15H13F3N4O2. The van der Waals surface area contributed by atoms with Gasteiger partial charge in [0.1, 0.15) is 5.69 Å². The van der Waals surface area contributed by atoms with Gasteiger partial charge in [-0.25, -0.2) is 4.68 Å². The first-order valence-corrected chi connectivity index (χ1v) is 6.71. The quantitative estimate of drug-likeness (QED) is 0.629. The Kier molecular flexibility index (Phi) is 4.82. The normalized spacial score (nSPS) is 11.7. The number of halogens is 3. The van der Waals surface area contributed by atoms with Crippen LogP contribution >= 0.6 is 0 Å². The first kappa shape index (κ1) is 17.4. The summed E-state index contributed by atoms with van der Waals surface area (Å²) in [6, 6.07) is 3.13. The smallest absolute Gasteiger partial charge is 0.383 e. The van der Waals surface area contributed by atoms with E-state index in [-0.39, 0.29) is 11.4 Å². The standard InChI is InChI=1S/C15H13F3N4O2/c1-21(2)7-4-11(23)14-12(24)5-8-22(20-14)10-3-6-19-13(9-10)15(16,17)18/h3-9H,1-2H3/b7-4+. The number of pyridine rings is 1. The summed E-state index contributed by atoms with van der Waals surface area (Å²) in [5, 5.41) is 3.83. The maximum atomic E-state index is 12.7. The highest BCUT2D eigenvalue weighted by atomic mass is 19.4. The number of allylic oxidation sites excluding steroid dienone is 1. The van der Waals surface area contributed by atoms with Gasteiger partial charge in [0, 0.05) is 44.8 Å². The average Bonchev–Trinajstić information content (AvgIpc) is 2.52. The lowest BCUT2D eigenvalue weighted by Gasteiger charge is -2.09. The number of aromatic nitrogens is 3. The fourth-order valence-corrected chi connectivity index (χ4v) is 1.73. The number of carbonyl (C=O) groups excluding carboxylic acids is 1. The lowest BCUT2D eigenvalue weighted by Crippen LogP contribution is -2.20. The maximum Gasteiger partial charge on any atom is 0.433 e. The number of hydrogen-bond acceptors (Lipinski definition) is 5. The van der Waals surface area contributed by atoms with Crippen molar-refractivity contribution in [2.24, 2.45) is 0 Å². The first-order chi connectivity index (χ1) is 11.2. The molecule has 0 spiro atoms. The molecule has 0 radical (unpaired) electrons. The van der Waals surface area contributed by atoms with Crippen LogP contribution in [0.15, 0.2) is 47.7 Å². The molecule has 0 atom stereocenters. The number of alkyl halides is 3.